The lowest BCUT2D eigenvalue weighted by molar-refractivity contribution is -0.147. The summed E-state index contributed by atoms with van der Waals surface area (Å²) in [7, 11) is 0. The molecule has 0 spiro atoms. The van der Waals surface area contributed by atoms with E-state index < -0.39 is 43.2 Å². The van der Waals surface area contributed by atoms with Crippen molar-refractivity contribution in [3.8, 4) is 17.3 Å². The molecule has 0 aliphatic heterocycles. The van der Waals surface area contributed by atoms with Crippen LogP contribution >= 0.6 is 0 Å². The molecule has 2 heterocycles. The van der Waals surface area contributed by atoms with E-state index in [2.05, 4.69) is 79.2 Å². The van der Waals surface area contributed by atoms with Gasteiger partial charge in [0.15, 0.2) is 11.5 Å². The molecule has 2 unspecified atom stereocenters. The predicted octanol–water partition coefficient (Wildman–Crippen LogP) is 8.38. The highest BCUT2D eigenvalue weighted by atomic mass is 16.6. The Balaban J connectivity index is 1.87. The number of nitrogens with zero attached hydrogens (tertiary/aromatic N) is 4. The third-order valence-corrected chi connectivity index (χ3v) is 10.1. The summed E-state index contributed by atoms with van der Waals surface area (Å²) in [5.41, 5.74) is 0.857. The highest BCUT2D eigenvalue weighted by Crippen LogP contribution is 2.50. The van der Waals surface area contributed by atoms with Gasteiger partial charge < -0.3 is 18.9 Å². The highest BCUT2D eigenvalue weighted by molar-refractivity contribution is 6.05. The molecule has 0 bridgehead atoms. The van der Waals surface area contributed by atoms with Crippen molar-refractivity contribution in [3.05, 3.63) is 46.8 Å². The molecule has 0 saturated heterocycles. The van der Waals surface area contributed by atoms with Crippen LogP contribution in [0.2, 0.25) is 0 Å². The van der Waals surface area contributed by atoms with Crippen LogP contribution in [0, 0.1) is 35.2 Å². The zero-order chi connectivity index (χ0) is 40.3. The van der Waals surface area contributed by atoms with Crippen LogP contribution in [0.1, 0.15) is 112 Å². The van der Waals surface area contributed by atoms with Gasteiger partial charge in [-0.05, 0) is 54.4 Å². The quantitative estimate of drug-likeness (QED) is 0.123. The van der Waals surface area contributed by atoms with E-state index in [4.69, 9.17) is 30.5 Å². The molecule has 4 rings (SSSR count). The van der Waals surface area contributed by atoms with E-state index in [0.717, 1.165) is 23.3 Å². The first-order valence-electron chi connectivity index (χ1n) is 18.7. The number of carbonyl (C=O) groups is 4. The summed E-state index contributed by atoms with van der Waals surface area (Å²) in [6.45, 7) is 31.7. The van der Waals surface area contributed by atoms with Crippen LogP contribution in [0.15, 0.2) is 24.3 Å². The Kier molecular flexibility index (Phi) is 12.6. The summed E-state index contributed by atoms with van der Waals surface area (Å²) in [5, 5.41) is 3.11. The van der Waals surface area contributed by atoms with Crippen LogP contribution in [0.25, 0.3) is 21.9 Å². The minimum atomic E-state index is -1.15. The first-order valence-corrected chi connectivity index (χ1v) is 18.7. The number of fused-ring (bicyclic) bond motifs is 1. The second-order valence-corrected chi connectivity index (χ2v) is 17.4. The minimum absolute atomic E-state index is 0.0230. The fourth-order valence-electron chi connectivity index (χ4n) is 7.22. The minimum Gasteiger partial charge on any atom is -0.465 e. The molecular formula is C41H57N5O8. The lowest BCUT2D eigenvalue weighted by atomic mass is 9.59. The summed E-state index contributed by atoms with van der Waals surface area (Å²) < 4.78 is 23.6. The Bertz CT molecular complexity index is 1840. The van der Waals surface area contributed by atoms with Crippen molar-refractivity contribution < 1.29 is 38.1 Å². The van der Waals surface area contributed by atoms with Crippen molar-refractivity contribution in [1.82, 2.24) is 19.5 Å². The smallest absolute Gasteiger partial charge is 0.416 e. The highest BCUT2D eigenvalue weighted by Gasteiger charge is 2.48. The molecule has 1 saturated carbocycles. The first-order chi connectivity index (χ1) is 25.1. The molecule has 2 atom stereocenters. The van der Waals surface area contributed by atoms with Crippen molar-refractivity contribution in [2.45, 2.75) is 107 Å². The van der Waals surface area contributed by atoms with Crippen molar-refractivity contribution in [2.24, 2.45) is 28.6 Å². The number of esters is 3. The molecule has 0 radical (unpaired) electrons. The van der Waals surface area contributed by atoms with E-state index >= 15 is 0 Å². The zero-order valence-corrected chi connectivity index (χ0v) is 33.9. The van der Waals surface area contributed by atoms with Crippen LogP contribution in [0.4, 0.5) is 10.5 Å². The second-order valence-electron chi connectivity index (χ2n) is 17.4. The van der Waals surface area contributed by atoms with Crippen LogP contribution in [-0.2, 0) is 29.2 Å². The molecule has 294 valence electrons. The average molecular weight is 748 g/mol. The largest absolute Gasteiger partial charge is 0.465 e. The number of nitrogens with one attached hydrogen (secondary N) is 1. The molecule has 2 aromatic heterocycles. The van der Waals surface area contributed by atoms with E-state index in [0.29, 0.717) is 17.3 Å². The Hall–Kier alpha value is -4.86. The van der Waals surface area contributed by atoms with Gasteiger partial charge in [0.2, 0.25) is 5.88 Å². The monoisotopic (exact) mass is 747 g/mol. The maximum Gasteiger partial charge on any atom is 0.416 e. The predicted molar refractivity (Wildman–Crippen MR) is 204 cm³/mol. The number of aromatic nitrogens is 3. The number of hydrogen-bond acceptors (Lipinski definition) is 9. The topological polar surface area (TPSA) is 146 Å². The Labute approximate surface area is 318 Å². The standard InChI is InChI=1S/C41H57N5O8/c1-14-51-29(47)22-45(23-30(48)52-15-2)38(50)54-36-32(42-13)31(35-43-34(44-46(35)36)25-16-18-26(19-17-25)39(4,5)6)37(49)53-33-27(40(7,8)9)20-24(3)21-28(33)41(10,11)12/h16-19,24,27-28,33H,14-15,20-23H2,1-12H3,(H,43,44). The summed E-state index contributed by atoms with van der Waals surface area (Å²) >= 11 is 0. The molecule has 3 aromatic rings. The van der Waals surface area contributed by atoms with Gasteiger partial charge in [-0.3, -0.25) is 19.6 Å². The third-order valence-electron chi connectivity index (χ3n) is 10.1. The zero-order valence-electron chi connectivity index (χ0n) is 33.9. The van der Waals surface area contributed by atoms with E-state index in [9.17, 15) is 19.2 Å². The van der Waals surface area contributed by atoms with E-state index in [1.807, 2.05) is 24.3 Å². The van der Waals surface area contributed by atoms with Gasteiger partial charge in [0.1, 0.15) is 24.8 Å². The molecule has 13 nitrogen and oxygen atoms in total. The number of rotatable bonds is 10. The number of amides is 1. The van der Waals surface area contributed by atoms with E-state index in [1.165, 1.54) is 4.52 Å². The molecule has 1 aliphatic carbocycles. The van der Waals surface area contributed by atoms with Gasteiger partial charge in [-0.2, -0.15) is 0 Å². The average Bonchev–Trinajstić information content (AvgIpc) is 3.61. The maximum atomic E-state index is 14.6. The van der Waals surface area contributed by atoms with Gasteiger partial charge in [0.25, 0.3) is 5.69 Å². The first kappa shape index (κ1) is 41.9. The summed E-state index contributed by atoms with van der Waals surface area (Å²) in [6.07, 6.45) is 0.117. The molecule has 1 fully saturated rings. The van der Waals surface area contributed by atoms with Crippen molar-refractivity contribution in [1.29, 1.82) is 0 Å². The molecule has 54 heavy (non-hydrogen) atoms. The number of carbonyl (C=O) groups excluding carboxylic acids is 4. The maximum absolute atomic E-state index is 14.6. The fourth-order valence-corrected chi connectivity index (χ4v) is 7.22. The fraction of sp³-hybridized carbons (Fsp3) is 0.610. The van der Waals surface area contributed by atoms with Crippen LogP contribution in [0.5, 0.6) is 5.88 Å². The molecule has 1 aliphatic rings. The number of benzene rings is 1. The molecule has 13 heteroatoms. The Morgan fingerprint density at radius 3 is 1.85 bits per heavy atom. The number of hydrogen-bond donors (Lipinski definition) is 1. The van der Waals surface area contributed by atoms with E-state index in [1.54, 1.807) is 13.8 Å². The van der Waals surface area contributed by atoms with Crippen LogP contribution in [-0.4, -0.2) is 75.9 Å². The van der Waals surface area contributed by atoms with Gasteiger partial charge >= 0.3 is 24.0 Å². The summed E-state index contributed by atoms with van der Waals surface area (Å²) in [4.78, 5) is 62.6. The summed E-state index contributed by atoms with van der Waals surface area (Å²) in [6, 6.07) is 7.76. The van der Waals surface area contributed by atoms with Gasteiger partial charge in [-0.1, -0.05) is 93.5 Å². The van der Waals surface area contributed by atoms with Gasteiger partial charge in [0, 0.05) is 17.4 Å². The van der Waals surface area contributed by atoms with Crippen molar-refractivity contribution in [3.63, 3.8) is 0 Å². The molecular weight excluding hydrogens is 690 g/mol. The second kappa shape index (κ2) is 16.2. The Morgan fingerprint density at radius 1 is 0.889 bits per heavy atom. The molecule has 1 N–H and O–H groups in total. The van der Waals surface area contributed by atoms with Crippen LogP contribution in [0.3, 0.4) is 0 Å². The number of ether oxygens (including phenoxy) is 4. The van der Waals surface area contributed by atoms with Gasteiger partial charge in [-0.25, -0.2) is 23.9 Å². The SMILES string of the molecule is [C-]#[N+]c1c(C(=O)OC2C(C(C)(C)C)CC(C)CC2C(C)(C)C)c2nc(-c3ccc(C(C)(C)C)cc3)[nH]n2c1OC(=O)N(CC(=O)OCC)CC(=O)OCC. The lowest BCUT2D eigenvalue weighted by Crippen LogP contribution is -2.49. The van der Waals surface area contributed by atoms with Crippen molar-refractivity contribution in [2.75, 3.05) is 26.3 Å². The lowest BCUT2D eigenvalue weighted by Gasteiger charge is -2.50. The van der Waals surface area contributed by atoms with Crippen molar-refractivity contribution >= 4 is 35.3 Å². The number of aromatic amines is 1. The third kappa shape index (κ3) is 9.43. The van der Waals surface area contributed by atoms with Gasteiger partial charge in [-0.15, -0.1) is 0 Å². The normalized spacial score (nSPS) is 19.2. The summed E-state index contributed by atoms with van der Waals surface area (Å²) in [5.74, 6) is -1.86. The molecule has 1 aromatic carbocycles. The Morgan fingerprint density at radius 2 is 1.41 bits per heavy atom. The van der Waals surface area contributed by atoms with E-state index in [-0.39, 0.29) is 64.1 Å². The van der Waals surface area contributed by atoms with Gasteiger partial charge in [0.05, 0.1) is 19.8 Å². The van der Waals surface area contributed by atoms with Crippen LogP contribution < -0.4 is 4.74 Å². The number of H-pyrrole nitrogens is 1. The molecule has 1 amide bonds.